The lowest BCUT2D eigenvalue weighted by Crippen LogP contribution is -2.50. The van der Waals surface area contributed by atoms with E-state index >= 15 is 0 Å². The first kappa shape index (κ1) is 16.9. The van der Waals surface area contributed by atoms with E-state index in [9.17, 15) is 4.79 Å². The van der Waals surface area contributed by atoms with E-state index in [0.29, 0.717) is 12.1 Å². The maximum atomic E-state index is 12.7. The Morgan fingerprint density at radius 3 is 2.27 bits per heavy atom. The number of carbonyl (C=O) groups is 1. The van der Waals surface area contributed by atoms with E-state index in [-0.39, 0.29) is 6.03 Å². The van der Waals surface area contributed by atoms with Gasteiger partial charge in [-0.2, -0.15) is 0 Å². The molecule has 2 atom stereocenters. The number of aryl methyl sites for hydroxylation is 2. The average molecular weight is 373 g/mol. The average Bonchev–Trinajstić information content (AvgIpc) is 3.31. The molecule has 2 fully saturated rings. The molecule has 140 valence electrons. The molecule has 2 aliphatic carbocycles. The van der Waals surface area contributed by atoms with Crippen LogP contribution in [0, 0.1) is 0 Å². The Morgan fingerprint density at radius 2 is 1.65 bits per heavy atom. The van der Waals surface area contributed by atoms with Crippen molar-refractivity contribution in [1.29, 1.82) is 0 Å². The Bertz CT molecular complexity index is 691. The number of anilines is 1. The molecule has 5 nitrogen and oxygen atoms in total. The second-order valence-corrected chi connectivity index (χ2v) is 9.16. The molecule has 0 spiro atoms. The number of nitrogens with one attached hydrogen (secondary N) is 2. The smallest absolute Gasteiger partial charge is 0.307 e. The highest BCUT2D eigenvalue weighted by Crippen LogP contribution is 2.39. The zero-order valence-corrected chi connectivity index (χ0v) is 16.3. The van der Waals surface area contributed by atoms with E-state index < -0.39 is 0 Å². The molecule has 0 aromatic heterocycles. The molecule has 2 aliphatic heterocycles. The molecule has 2 amide bonds. The van der Waals surface area contributed by atoms with Crippen LogP contribution < -0.4 is 10.0 Å². The Morgan fingerprint density at radius 1 is 1.04 bits per heavy atom. The fraction of sp³-hybridized carbons (Fsp3) is 0.650. The highest BCUT2D eigenvalue weighted by atomic mass is 32.2. The number of likely N-dealkylation sites (N-methyl/N-ethyl adjacent to an activating group) is 1. The molecule has 1 aromatic carbocycles. The van der Waals surface area contributed by atoms with Gasteiger partial charge in [-0.3, -0.25) is 4.72 Å². The number of rotatable bonds is 3. The highest BCUT2D eigenvalue weighted by Gasteiger charge is 2.39. The van der Waals surface area contributed by atoms with Gasteiger partial charge in [-0.1, -0.05) is 6.07 Å². The van der Waals surface area contributed by atoms with Gasteiger partial charge in [-0.25, -0.2) is 9.10 Å². The van der Waals surface area contributed by atoms with Crippen molar-refractivity contribution in [3.05, 3.63) is 28.3 Å². The van der Waals surface area contributed by atoms with Crippen molar-refractivity contribution in [2.75, 3.05) is 25.5 Å². The van der Waals surface area contributed by atoms with Gasteiger partial charge < -0.3 is 10.2 Å². The van der Waals surface area contributed by atoms with Crippen LogP contribution >= 0.6 is 12.1 Å². The topological polar surface area (TPSA) is 47.6 Å². The summed E-state index contributed by atoms with van der Waals surface area (Å²) in [5, 5.41) is 3.23. The number of piperazine rings is 1. The normalized spacial score (nSPS) is 27.4. The summed E-state index contributed by atoms with van der Waals surface area (Å²) in [4.78, 5) is 15.1. The van der Waals surface area contributed by atoms with Crippen molar-refractivity contribution in [3.8, 4) is 0 Å². The van der Waals surface area contributed by atoms with Gasteiger partial charge in [0.25, 0.3) is 0 Å². The number of nitrogens with zero attached hydrogens (tertiary/aromatic N) is 2. The van der Waals surface area contributed by atoms with Gasteiger partial charge in [0.15, 0.2) is 0 Å². The van der Waals surface area contributed by atoms with Crippen LogP contribution in [0.3, 0.4) is 0 Å². The third-order valence-electron chi connectivity index (χ3n) is 6.55. The van der Waals surface area contributed by atoms with E-state index in [1.54, 1.807) is 0 Å². The second-order valence-electron chi connectivity index (χ2n) is 8.35. The molecule has 6 heteroatoms. The van der Waals surface area contributed by atoms with Crippen molar-refractivity contribution in [2.45, 2.75) is 63.5 Å². The Labute approximate surface area is 160 Å². The molecule has 5 rings (SSSR count). The fourth-order valence-electron chi connectivity index (χ4n) is 5.42. The molecule has 0 radical (unpaired) electrons. The van der Waals surface area contributed by atoms with E-state index in [1.807, 2.05) is 0 Å². The Balaban J connectivity index is 1.27. The van der Waals surface area contributed by atoms with Crippen LogP contribution in [0.5, 0.6) is 0 Å². The van der Waals surface area contributed by atoms with Crippen LogP contribution in [-0.4, -0.2) is 47.5 Å². The van der Waals surface area contributed by atoms with Gasteiger partial charge in [0, 0.05) is 43.0 Å². The fourth-order valence-corrected chi connectivity index (χ4v) is 6.31. The summed E-state index contributed by atoms with van der Waals surface area (Å²) in [6.07, 6.45) is 9.45. The van der Waals surface area contributed by atoms with Crippen LogP contribution in [0.2, 0.25) is 0 Å². The molecular formula is C20H28N4OS. The number of urea groups is 1. The van der Waals surface area contributed by atoms with E-state index in [2.05, 4.69) is 32.4 Å². The molecule has 2 bridgehead atoms. The summed E-state index contributed by atoms with van der Waals surface area (Å²) in [5.41, 5.74) is 6.85. The van der Waals surface area contributed by atoms with Crippen molar-refractivity contribution in [1.82, 2.24) is 13.9 Å². The van der Waals surface area contributed by atoms with Gasteiger partial charge in [0.05, 0.1) is 0 Å². The Kier molecular flexibility index (Phi) is 4.38. The highest BCUT2D eigenvalue weighted by molar-refractivity contribution is 7.95. The minimum atomic E-state index is -0.0669. The largest absolute Gasteiger partial charge is 0.330 e. The summed E-state index contributed by atoms with van der Waals surface area (Å²) in [6.45, 7) is 2.21. The predicted octanol–water partition coefficient (Wildman–Crippen LogP) is 3.13. The monoisotopic (exact) mass is 372 g/mol. The molecule has 26 heavy (non-hydrogen) atoms. The molecule has 2 saturated heterocycles. The number of benzene rings is 1. The zero-order valence-electron chi connectivity index (χ0n) is 15.5. The first-order valence-corrected chi connectivity index (χ1v) is 10.8. The lowest BCUT2D eigenvalue weighted by atomic mass is 9.99. The second kappa shape index (κ2) is 6.73. The lowest BCUT2D eigenvalue weighted by molar-refractivity contribution is 0.164. The first-order valence-electron chi connectivity index (χ1n) is 10.1. The number of fused-ring (bicyclic) bond motifs is 4. The van der Waals surface area contributed by atoms with Gasteiger partial charge in [0.1, 0.15) is 0 Å². The molecule has 0 saturated carbocycles. The molecule has 2 unspecified atom stereocenters. The molecule has 1 aromatic rings. The maximum absolute atomic E-state index is 12.7. The number of hydrogen-bond acceptors (Lipinski definition) is 4. The van der Waals surface area contributed by atoms with E-state index in [4.69, 9.17) is 0 Å². The molecule has 2 N–H and O–H groups in total. The number of hydrogen-bond donors (Lipinski definition) is 2. The van der Waals surface area contributed by atoms with Crippen LogP contribution in [0.25, 0.3) is 0 Å². The van der Waals surface area contributed by atoms with Crippen LogP contribution in [0.15, 0.2) is 6.07 Å². The van der Waals surface area contributed by atoms with E-state index in [1.165, 1.54) is 60.1 Å². The molecule has 2 heterocycles. The van der Waals surface area contributed by atoms with Crippen molar-refractivity contribution < 1.29 is 4.79 Å². The van der Waals surface area contributed by atoms with Crippen LogP contribution in [0.4, 0.5) is 10.5 Å². The number of likely N-dealkylation sites (tertiary alicyclic amines) is 1. The van der Waals surface area contributed by atoms with Crippen LogP contribution in [-0.2, 0) is 25.7 Å². The Hall–Kier alpha value is -1.24. The zero-order chi connectivity index (χ0) is 17.7. The van der Waals surface area contributed by atoms with Crippen molar-refractivity contribution >= 4 is 23.9 Å². The lowest BCUT2D eigenvalue weighted by Gasteiger charge is -2.37. The summed E-state index contributed by atoms with van der Waals surface area (Å²) >= 11 is 1.52. The minimum absolute atomic E-state index is 0.0669. The number of carbonyl (C=O) groups excluding carboxylic acids is 1. The first-order chi connectivity index (χ1) is 12.7. The van der Waals surface area contributed by atoms with Crippen molar-refractivity contribution in [3.63, 3.8) is 0 Å². The van der Waals surface area contributed by atoms with Gasteiger partial charge in [-0.15, -0.1) is 0 Å². The third kappa shape index (κ3) is 2.92. The molecule has 4 aliphatic rings. The summed E-state index contributed by atoms with van der Waals surface area (Å²) in [7, 11) is 2.20. The molecular weight excluding hydrogens is 344 g/mol. The standard InChI is InChI=1S/C20H28N4OS/c1-23-11-15-8-9-16(12-23)24(15)26-22-20(25)21-19-17-6-2-4-13(17)10-14-5-3-7-18(14)19/h10,15-16H,2-9,11-12H2,1H3,(H2,21,22,25). The minimum Gasteiger partial charge on any atom is -0.307 e. The summed E-state index contributed by atoms with van der Waals surface area (Å²) in [5.74, 6) is 0. The van der Waals surface area contributed by atoms with Crippen molar-refractivity contribution in [2.24, 2.45) is 0 Å². The van der Waals surface area contributed by atoms with E-state index in [0.717, 1.165) is 44.5 Å². The summed E-state index contributed by atoms with van der Waals surface area (Å²) < 4.78 is 5.49. The third-order valence-corrected chi connectivity index (χ3v) is 7.64. The van der Waals surface area contributed by atoms with Gasteiger partial charge in [-0.05, 0) is 80.7 Å². The quantitative estimate of drug-likeness (QED) is 0.801. The maximum Gasteiger partial charge on any atom is 0.330 e. The summed E-state index contributed by atoms with van der Waals surface area (Å²) in [6, 6.07) is 3.47. The SMILES string of the molecule is CN1CC2CCC(C1)N2SNC(=O)Nc1c2c(cc3c1CCC3)CCC2. The van der Waals surface area contributed by atoms with Gasteiger partial charge in [0.2, 0.25) is 0 Å². The van der Waals surface area contributed by atoms with Gasteiger partial charge >= 0.3 is 6.03 Å². The predicted molar refractivity (Wildman–Crippen MR) is 106 cm³/mol. The number of amides is 2. The van der Waals surface area contributed by atoms with Crippen LogP contribution in [0.1, 0.15) is 47.9 Å².